The highest BCUT2D eigenvalue weighted by atomic mass is 16.5. The number of nitrogens with zero attached hydrogens (tertiary/aromatic N) is 2. The lowest BCUT2D eigenvalue weighted by Crippen LogP contribution is -2.09. The van der Waals surface area contributed by atoms with Crippen LogP contribution in [0.15, 0.2) is 103 Å². The molecule has 5 aromatic rings. The summed E-state index contributed by atoms with van der Waals surface area (Å²) >= 11 is 0. The number of rotatable bonds is 8. The zero-order chi connectivity index (χ0) is 25.8. The van der Waals surface area contributed by atoms with Gasteiger partial charge in [0.05, 0.1) is 25.6 Å². The predicted octanol–water partition coefficient (Wildman–Crippen LogP) is 8.22. The Labute approximate surface area is 219 Å². The number of methoxy groups -OCH3 is 2. The van der Waals surface area contributed by atoms with E-state index >= 15 is 0 Å². The minimum Gasteiger partial charge on any atom is -0.493 e. The number of hydrogen-bond acceptors (Lipinski definition) is 3. The van der Waals surface area contributed by atoms with Gasteiger partial charge in [-0.25, -0.2) is 4.98 Å². The average molecular weight is 489 g/mol. The first kappa shape index (κ1) is 24.4. The van der Waals surface area contributed by atoms with E-state index in [0.717, 1.165) is 51.6 Å². The quantitative estimate of drug-likeness (QED) is 0.221. The number of imidazole rings is 1. The third-order valence-corrected chi connectivity index (χ3v) is 6.46. The molecule has 0 spiro atoms. The summed E-state index contributed by atoms with van der Waals surface area (Å²) < 4.78 is 13.8. The fourth-order valence-electron chi connectivity index (χ4n) is 4.81. The van der Waals surface area contributed by atoms with Crippen molar-refractivity contribution in [1.29, 1.82) is 0 Å². The summed E-state index contributed by atoms with van der Waals surface area (Å²) in [6.45, 7) is 5.31. The lowest BCUT2D eigenvalue weighted by atomic mass is 9.98. The summed E-state index contributed by atoms with van der Waals surface area (Å²) in [5.74, 6) is 2.70. The van der Waals surface area contributed by atoms with Crippen LogP contribution in [0.4, 0.5) is 0 Å². The molecule has 0 unspecified atom stereocenters. The Balaban J connectivity index is 1.88. The molecule has 0 N–H and O–H groups in total. The minimum atomic E-state index is 0.416. The second-order valence-corrected chi connectivity index (χ2v) is 9.49. The van der Waals surface area contributed by atoms with Crippen LogP contribution in [0.25, 0.3) is 45.0 Å². The van der Waals surface area contributed by atoms with E-state index in [2.05, 4.69) is 109 Å². The first-order valence-corrected chi connectivity index (χ1v) is 12.6. The van der Waals surface area contributed by atoms with Crippen LogP contribution in [0.1, 0.15) is 13.8 Å². The summed E-state index contributed by atoms with van der Waals surface area (Å²) in [7, 11) is 3.35. The third-order valence-electron chi connectivity index (χ3n) is 6.46. The van der Waals surface area contributed by atoms with Gasteiger partial charge < -0.3 is 14.0 Å². The highest BCUT2D eigenvalue weighted by Crippen LogP contribution is 2.44. The van der Waals surface area contributed by atoms with Crippen LogP contribution in [0.2, 0.25) is 0 Å². The van der Waals surface area contributed by atoms with Crippen molar-refractivity contribution < 1.29 is 9.47 Å². The van der Waals surface area contributed by atoms with Crippen molar-refractivity contribution in [3.8, 4) is 56.5 Å². The summed E-state index contributed by atoms with van der Waals surface area (Å²) in [4.78, 5) is 5.36. The van der Waals surface area contributed by atoms with Crippen molar-refractivity contribution in [2.75, 3.05) is 14.2 Å². The molecule has 0 aliphatic heterocycles. The molecule has 0 saturated heterocycles. The average Bonchev–Trinajstić information content (AvgIpc) is 3.32. The van der Waals surface area contributed by atoms with Crippen molar-refractivity contribution in [2.24, 2.45) is 5.92 Å². The van der Waals surface area contributed by atoms with E-state index < -0.39 is 0 Å². The maximum absolute atomic E-state index is 5.75. The highest BCUT2D eigenvalue weighted by molar-refractivity contribution is 5.88. The van der Waals surface area contributed by atoms with Gasteiger partial charge in [0.25, 0.3) is 0 Å². The maximum atomic E-state index is 5.75. The van der Waals surface area contributed by atoms with Crippen LogP contribution in [-0.2, 0) is 6.54 Å². The first-order chi connectivity index (χ1) is 18.1. The van der Waals surface area contributed by atoms with E-state index in [1.165, 1.54) is 0 Å². The molecule has 1 aromatic heterocycles. The Morgan fingerprint density at radius 3 is 1.65 bits per heavy atom. The summed E-state index contributed by atoms with van der Waals surface area (Å²) in [6.07, 6.45) is 0. The molecule has 5 rings (SSSR count). The summed E-state index contributed by atoms with van der Waals surface area (Å²) in [5, 5.41) is 0. The molecule has 0 saturated carbocycles. The molecule has 4 heteroatoms. The molecule has 1 heterocycles. The SMILES string of the molecule is COc1cc(-c2ccccc2)c(-c2nc(-c3ccccc3)c(-c3ccccc3)n2CC(C)C)cc1OC. The topological polar surface area (TPSA) is 36.3 Å². The van der Waals surface area contributed by atoms with Gasteiger partial charge in [0.2, 0.25) is 0 Å². The molecular weight excluding hydrogens is 456 g/mol. The van der Waals surface area contributed by atoms with E-state index in [1.807, 2.05) is 12.1 Å². The molecule has 0 bridgehead atoms. The Bertz CT molecular complexity index is 1470. The largest absolute Gasteiger partial charge is 0.493 e. The maximum Gasteiger partial charge on any atom is 0.161 e. The van der Waals surface area contributed by atoms with Crippen molar-refractivity contribution in [3.05, 3.63) is 103 Å². The fourth-order valence-corrected chi connectivity index (χ4v) is 4.81. The van der Waals surface area contributed by atoms with Crippen molar-refractivity contribution in [1.82, 2.24) is 9.55 Å². The van der Waals surface area contributed by atoms with Gasteiger partial charge in [-0.15, -0.1) is 0 Å². The number of hydrogen-bond donors (Lipinski definition) is 0. The number of benzene rings is 4. The van der Waals surface area contributed by atoms with Gasteiger partial charge in [-0.05, 0) is 29.2 Å². The summed E-state index contributed by atoms with van der Waals surface area (Å²) in [6, 6.07) is 35.5. The molecule has 4 nitrogen and oxygen atoms in total. The van der Waals surface area contributed by atoms with Gasteiger partial charge in [0, 0.05) is 23.2 Å². The second-order valence-electron chi connectivity index (χ2n) is 9.49. The lowest BCUT2D eigenvalue weighted by molar-refractivity contribution is 0.355. The Morgan fingerprint density at radius 1 is 0.649 bits per heavy atom. The van der Waals surface area contributed by atoms with Gasteiger partial charge in [0.15, 0.2) is 11.5 Å². The van der Waals surface area contributed by atoms with Gasteiger partial charge in [0.1, 0.15) is 5.82 Å². The van der Waals surface area contributed by atoms with Gasteiger partial charge >= 0.3 is 0 Å². The van der Waals surface area contributed by atoms with Crippen LogP contribution >= 0.6 is 0 Å². The van der Waals surface area contributed by atoms with Crippen LogP contribution in [0, 0.1) is 5.92 Å². The first-order valence-electron chi connectivity index (χ1n) is 12.6. The standard InChI is InChI=1S/C33H32N2O2/c1-23(2)22-35-32(26-18-12-7-13-19-26)31(25-16-10-6-11-17-25)34-33(35)28-21-30(37-4)29(36-3)20-27(28)24-14-8-5-9-15-24/h5-21,23H,22H2,1-4H3. The van der Waals surface area contributed by atoms with Crippen LogP contribution in [0.5, 0.6) is 11.5 Å². The molecule has 0 aliphatic rings. The third kappa shape index (κ3) is 4.88. The Morgan fingerprint density at radius 2 is 1.14 bits per heavy atom. The molecule has 0 aliphatic carbocycles. The molecule has 0 radical (unpaired) electrons. The molecule has 0 fully saturated rings. The van der Waals surface area contributed by atoms with Crippen molar-refractivity contribution >= 4 is 0 Å². The summed E-state index contributed by atoms with van der Waals surface area (Å²) in [5.41, 5.74) is 7.46. The molecular formula is C33H32N2O2. The van der Waals surface area contributed by atoms with Gasteiger partial charge in [-0.3, -0.25) is 0 Å². The minimum absolute atomic E-state index is 0.416. The predicted molar refractivity (Wildman–Crippen MR) is 152 cm³/mol. The van der Waals surface area contributed by atoms with Gasteiger partial charge in [-0.1, -0.05) is 105 Å². The van der Waals surface area contributed by atoms with Crippen LogP contribution in [0.3, 0.4) is 0 Å². The zero-order valence-corrected chi connectivity index (χ0v) is 21.8. The normalized spacial score (nSPS) is 11.1. The molecule has 0 atom stereocenters. The number of aromatic nitrogens is 2. The van der Waals surface area contributed by atoms with Crippen molar-refractivity contribution in [3.63, 3.8) is 0 Å². The molecule has 0 amide bonds. The van der Waals surface area contributed by atoms with Gasteiger partial charge in [-0.2, -0.15) is 0 Å². The van der Waals surface area contributed by atoms with E-state index in [1.54, 1.807) is 14.2 Å². The number of ether oxygens (including phenoxy) is 2. The fraction of sp³-hybridized carbons (Fsp3) is 0.182. The molecule has 186 valence electrons. The highest BCUT2D eigenvalue weighted by Gasteiger charge is 2.25. The monoisotopic (exact) mass is 488 g/mol. The molecule has 37 heavy (non-hydrogen) atoms. The van der Waals surface area contributed by atoms with Crippen LogP contribution in [-0.4, -0.2) is 23.8 Å². The smallest absolute Gasteiger partial charge is 0.161 e. The van der Waals surface area contributed by atoms with Crippen molar-refractivity contribution in [2.45, 2.75) is 20.4 Å². The Kier molecular flexibility index (Phi) is 7.09. The van der Waals surface area contributed by atoms with Crippen LogP contribution < -0.4 is 9.47 Å². The zero-order valence-electron chi connectivity index (χ0n) is 21.8. The van der Waals surface area contributed by atoms with E-state index in [4.69, 9.17) is 14.5 Å². The van der Waals surface area contributed by atoms with E-state index in [0.29, 0.717) is 17.4 Å². The lowest BCUT2D eigenvalue weighted by Gasteiger charge is -2.19. The second kappa shape index (κ2) is 10.8. The Hall–Kier alpha value is -4.31. The van der Waals surface area contributed by atoms with E-state index in [9.17, 15) is 0 Å². The van der Waals surface area contributed by atoms with E-state index in [-0.39, 0.29) is 0 Å². The molecule has 4 aromatic carbocycles.